The van der Waals surface area contributed by atoms with Gasteiger partial charge >= 0.3 is 0 Å². The van der Waals surface area contributed by atoms with Gasteiger partial charge in [0.2, 0.25) is 0 Å². The summed E-state index contributed by atoms with van der Waals surface area (Å²) in [6.45, 7) is 20.8. The molecule has 0 bridgehead atoms. The maximum atomic E-state index is 4.95. The summed E-state index contributed by atoms with van der Waals surface area (Å²) in [4.78, 5) is 12.6. The first-order valence-corrected chi connectivity index (χ1v) is 11.7. The molecule has 2 aliphatic heterocycles. The van der Waals surface area contributed by atoms with Crippen molar-refractivity contribution >= 4 is 29.9 Å². The van der Waals surface area contributed by atoms with Gasteiger partial charge in [-0.25, -0.2) is 0 Å². The van der Waals surface area contributed by atoms with Crippen LogP contribution in [0, 0.1) is 11.8 Å². The molecule has 0 radical (unpaired) electrons. The lowest BCUT2D eigenvalue weighted by molar-refractivity contribution is 0.136. The molecular weight excluding hydrogens is 461 g/mol. The van der Waals surface area contributed by atoms with Gasteiger partial charge in [-0.05, 0) is 51.1 Å². The Hall–Kier alpha value is -0.0800. The second-order valence-corrected chi connectivity index (χ2v) is 8.29. The van der Waals surface area contributed by atoms with Crippen molar-refractivity contribution in [3.8, 4) is 0 Å². The monoisotopic (exact) mass is 507 g/mol. The molecule has 2 rings (SSSR count). The number of aliphatic imine (C=N–C) groups is 1. The van der Waals surface area contributed by atoms with Crippen LogP contribution in [0.5, 0.6) is 0 Å². The molecular formula is C22H46IN5. The van der Waals surface area contributed by atoms with Gasteiger partial charge in [-0.15, -0.1) is 24.0 Å². The van der Waals surface area contributed by atoms with E-state index in [9.17, 15) is 0 Å². The molecule has 5 nitrogen and oxygen atoms in total. The van der Waals surface area contributed by atoms with Crippen LogP contribution in [0.15, 0.2) is 4.99 Å². The highest BCUT2D eigenvalue weighted by Gasteiger charge is 2.29. The molecule has 0 amide bonds. The molecule has 28 heavy (non-hydrogen) atoms. The number of unbranched alkanes of at least 4 members (excludes halogenated alkanes) is 1. The number of likely N-dealkylation sites (N-methyl/N-ethyl adjacent to an activating group) is 1. The predicted molar refractivity (Wildman–Crippen MR) is 133 cm³/mol. The maximum Gasteiger partial charge on any atom is 0.193 e. The van der Waals surface area contributed by atoms with Crippen molar-refractivity contribution in [2.24, 2.45) is 16.8 Å². The van der Waals surface area contributed by atoms with Crippen LogP contribution in [0.2, 0.25) is 0 Å². The highest BCUT2D eigenvalue weighted by Crippen LogP contribution is 2.28. The molecule has 1 N–H and O–H groups in total. The minimum Gasteiger partial charge on any atom is -0.357 e. The van der Waals surface area contributed by atoms with Crippen LogP contribution >= 0.6 is 24.0 Å². The van der Waals surface area contributed by atoms with Crippen molar-refractivity contribution < 1.29 is 0 Å². The van der Waals surface area contributed by atoms with E-state index >= 15 is 0 Å². The molecule has 0 aliphatic carbocycles. The third-order valence-electron chi connectivity index (χ3n) is 6.63. The van der Waals surface area contributed by atoms with Crippen molar-refractivity contribution in [1.29, 1.82) is 0 Å². The van der Waals surface area contributed by atoms with Crippen molar-refractivity contribution in [2.45, 2.75) is 59.8 Å². The Morgan fingerprint density at radius 1 is 0.964 bits per heavy atom. The summed E-state index contributed by atoms with van der Waals surface area (Å²) in [5, 5.41) is 3.53. The Bertz CT molecular complexity index is 419. The fourth-order valence-corrected chi connectivity index (χ4v) is 4.71. The number of guanidine groups is 1. The van der Waals surface area contributed by atoms with Gasteiger partial charge in [0.1, 0.15) is 0 Å². The fourth-order valence-electron chi connectivity index (χ4n) is 4.71. The van der Waals surface area contributed by atoms with Gasteiger partial charge in [-0.1, -0.05) is 33.6 Å². The highest BCUT2D eigenvalue weighted by atomic mass is 127. The summed E-state index contributed by atoms with van der Waals surface area (Å²) in [5.74, 6) is 2.89. The first-order chi connectivity index (χ1) is 13.2. The summed E-state index contributed by atoms with van der Waals surface area (Å²) in [5.41, 5.74) is 0. The fraction of sp³-hybridized carbons (Fsp3) is 0.955. The van der Waals surface area contributed by atoms with Crippen LogP contribution < -0.4 is 5.32 Å². The van der Waals surface area contributed by atoms with Crippen molar-refractivity contribution in [1.82, 2.24) is 20.0 Å². The Labute approximate surface area is 191 Å². The summed E-state index contributed by atoms with van der Waals surface area (Å²) >= 11 is 0. The van der Waals surface area contributed by atoms with Crippen LogP contribution in [0.1, 0.15) is 59.8 Å². The van der Waals surface area contributed by atoms with Gasteiger partial charge in [0.15, 0.2) is 5.96 Å². The van der Waals surface area contributed by atoms with Crippen molar-refractivity contribution in [3.63, 3.8) is 0 Å². The zero-order chi connectivity index (χ0) is 19.5. The number of hydrogen-bond donors (Lipinski definition) is 1. The molecule has 1 unspecified atom stereocenters. The lowest BCUT2D eigenvalue weighted by Gasteiger charge is -2.33. The van der Waals surface area contributed by atoms with Gasteiger partial charge in [0.05, 0.1) is 0 Å². The van der Waals surface area contributed by atoms with E-state index in [1.54, 1.807) is 0 Å². The molecule has 0 aromatic rings. The number of nitrogens with one attached hydrogen (secondary N) is 1. The molecule has 0 aromatic carbocycles. The van der Waals surface area contributed by atoms with E-state index < -0.39 is 0 Å². The number of rotatable bonds is 10. The van der Waals surface area contributed by atoms with Crippen LogP contribution in [-0.2, 0) is 0 Å². The van der Waals surface area contributed by atoms with E-state index in [4.69, 9.17) is 4.99 Å². The second kappa shape index (κ2) is 14.8. The Morgan fingerprint density at radius 3 is 2.25 bits per heavy atom. The Morgan fingerprint density at radius 2 is 1.64 bits per heavy atom. The number of halogens is 1. The molecule has 0 aromatic heterocycles. The number of likely N-dealkylation sites (tertiary alicyclic amines) is 1. The van der Waals surface area contributed by atoms with Crippen LogP contribution in [0.4, 0.5) is 0 Å². The topological polar surface area (TPSA) is 34.1 Å². The molecule has 2 saturated heterocycles. The summed E-state index contributed by atoms with van der Waals surface area (Å²) in [6.07, 6.45) is 6.43. The largest absolute Gasteiger partial charge is 0.357 e. The minimum absolute atomic E-state index is 0. The van der Waals surface area contributed by atoms with Gasteiger partial charge in [-0.3, -0.25) is 4.99 Å². The van der Waals surface area contributed by atoms with E-state index in [1.807, 2.05) is 0 Å². The highest BCUT2D eigenvalue weighted by molar-refractivity contribution is 14.0. The van der Waals surface area contributed by atoms with Gasteiger partial charge < -0.3 is 20.0 Å². The smallest absolute Gasteiger partial charge is 0.193 e. The molecule has 166 valence electrons. The van der Waals surface area contributed by atoms with Gasteiger partial charge in [0.25, 0.3) is 0 Å². The lowest BCUT2D eigenvalue weighted by Crippen LogP contribution is -2.46. The molecule has 6 heteroatoms. The average molecular weight is 508 g/mol. The molecule has 2 heterocycles. The van der Waals surface area contributed by atoms with Crippen LogP contribution in [0.3, 0.4) is 0 Å². The molecule has 2 fully saturated rings. The van der Waals surface area contributed by atoms with Gasteiger partial charge in [-0.2, -0.15) is 0 Å². The third kappa shape index (κ3) is 8.34. The normalized spacial score (nSPS) is 22.0. The van der Waals surface area contributed by atoms with E-state index in [0.29, 0.717) is 0 Å². The molecule has 2 aliphatic rings. The van der Waals surface area contributed by atoms with Crippen LogP contribution in [-0.4, -0.2) is 86.1 Å². The standard InChI is InChI=1S/C22H45N5.HI/c1-5-20(6-2)21-11-14-27(19-21)22(23-7-3)24-12-9-10-13-26-17-15-25(8-4)16-18-26;/h20-21H,5-19H2,1-4H3,(H,23,24);1H. The first-order valence-electron chi connectivity index (χ1n) is 11.7. The van der Waals surface area contributed by atoms with Crippen molar-refractivity contribution in [3.05, 3.63) is 0 Å². The predicted octanol–water partition coefficient (Wildman–Crippen LogP) is 3.75. The number of nitrogens with zero attached hydrogens (tertiary/aromatic N) is 4. The quantitative estimate of drug-likeness (QED) is 0.212. The Balaban J connectivity index is 0.00000392. The second-order valence-electron chi connectivity index (χ2n) is 8.29. The SMILES string of the molecule is CCNC(=NCCCCN1CCN(CC)CC1)N1CCC(C(CC)CC)C1.I. The average Bonchev–Trinajstić information content (AvgIpc) is 3.18. The zero-order valence-corrected chi connectivity index (χ0v) is 21.3. The third-order valence-corrected chi connectivity index (χ3v) is 6.63. The lowest BCUT2D eigenvalue weighted by atomic mass is 9.87. The van der Waals surface area contributed by atoms with E-state index in [0.717, 1.165) is 30.9 Å². The molecule has 1 atom stereocenters. The number of piperazine rings is 1. The van der Waals surface area contributed by atoms with Gasteiger partial charge in [0, 0.05) is 52.4 Å². The molecule has 0 saturated carbocycles. The maximum absolute atomic E-state index is 4.95. The van der Waals surface area contributed by atoms with Crippen LogP contribution in [0.25, 0.3) is 0 Å². The summed E-state index contributed by atoms with van der Waals surface area (Å²) in [6, 6.07) is 0. The first kappa shape index (κ1) is 26.0. The molecule has 0 spiro atoms. The van der Waals surface area contributed by atoms with E-state index in [1.165, 1.54) is 84.5 Å². The zero-order valence-electron chi connectivity index (χ0n) is 19.0. The summed E-state index contributed by atoms with van der Waals surface area (Å²) in [7, 11) is 0. The Kier molecular flexibility index (Phi) is 13.7. The minimum atomic E-state index is 0. The number of hydrogen-bond acceptors (Lipinski definition) is 3. The van der Waals surface area contributed by atoms with E-state index in [-0.39, 0.29) is 24.0 Å². The van der Waals surface area contributed by atoms with Crippen molar-refractivity contribution in [2.75, 3.05) is 65.4 Å². The summed E-state index contributed by atoms with van der Waals surface area (Å²) < 4.78 is 0. The van der Waals surface area contributed by atoms with E-state index in [2.05, 4.69) is 47.7 Å².